The van der Waals surface area contributed by atoms with E-state index in [1.54, 1.807) is 0 Å². The van der Waals surface area contributed by atoms with Crippen molar-refractivity contribution in [1.29, 1.82) is 0 Å². The summed E-state index contributed by atoms with van der Waals surface area (Å²) >= 11 is 0. The van der Waals surface area contributed by atoms with Gasteiger partial charge in [-0.2, -0.15) is 0 Å². The van der Waals surface area contributed by atoms with Crippen LogP contribution in [-0.4, -0.2) is 37.2 Å². The number of ether oxygens (including phenoxy) is 3. The summed E-state index contributed by atoms with van der Waals surface area (Å²) in [6.45, 7) is 13.8. The number of hydrogen-bond acceptors (Lipinski definition) is 6. The van der Waals surface area contributed by atoms with Crippen LogP contribution in [0.15, 0.2) is 0 Å². The van der Waals surface area contributed by atoms with Crippen LogP contribution < -0.4 is 0 Å². The first-order valence-corrected chi connectivity index (χ1v) is 29.6. The lowest BCUT2D eigenvalue weighted by molar-refractivity contribution is -0.167. The van der Waals surface area contributed by atoms with Crippen molar-refractivity contribution in [3.05, 3.63) is 0 Å². The molecule has 0 amide bonds. The summed E-state index contributed by atoms with van der Waals surface area (Å²) in [6, 6.07) is 0. The molecule has 0 aliphatic carbocycles. The van der Waals surface area contributed by atoms with Gasteiger partial charge in [0.15, 0.2) is 6.10 Å². The van der Waals surface area contributed by atoms with Crippen molar-refractivity contribution in [3.63, 3.8) is 0 Å². The molecular weight excluding hydrogens is 817 g/mol. The maximum absolute atomic E-state index is 12.9. The molecule has 0 spiro atoms. The Balaban J connectivity index is 4.30. The van der Waals surface area contributed by atoms with Crippen LogP contribution >= 0.6 is 0 Å². The Labute approximate surface area is 412 Å². The van der Waals surface area contributed by atoms with Crippen molar-refractivity contribution in [2.24, 2.45) is 17.8 Å². The van der Waals surface area contributed by atoms with Crippen LogP contribution in [0.25, 0.3) is 0 Å². The molecule has 6 heteroatoms. The minimum Gasteiger partial charge on any atom is -0.462 e. The molecule has 1 atom stereocenters. The maximum Gasteiger partial charge on any atom is 0.306 e. The van der Waals surface area contributed by atoms with Crippen molar-refractivity contribution in [3.8, 4) is 0 Å². The van der Waals surface area contributed by atoms with Crippen molar-refractivity contribution < 1.29 is 28.6 Å². The second-order valence-corrected chi connectivity index (χ2v) is 22.1. The van der Waals surface area contributed by atoms with Gasteiger partial charge in [-0.25, -0.2) is 0 Å². The molecule has 0 aromatic rings. The van der Waals surface area contributed by atoms with Crippen LogP contribution in [0.5, 0.6) is 0 Å². The first-order valence-electron chi connectivity index (χ1n) is 29.6. The molecule has 6 nitrogen and oxygen atoms in total. The number of rotatable bonds is 53. The van der Waals surface area contributed by atoms with Gasteiger partial charge in [-0.3, -0.25) is 14.4 Å². The van der Waals surface area contributed by atoms with E-state index in [1.807, 2.05) is 0 Å². The molecule has 0 saturated carbocycles. The van der Waals surface area contributed by atoms with E-state index in [0.717, 1.165) is 75.5 Å². The fraction of sp³-hybridized carbons (Fsp3) is 0.950. The van der Waals surface area contributed by atoms with Crippen molar-refractivity contribution >= 4 is 17.9 Å². The Kier molecular flexibility index (Phi) is 50.0. The molecular formula is C60H116O6. The Morgan fingerprint density at radius 2 is 0.439 bits per heavy atom. The lowest BCUT2D eigenvalue weighted by Gasteiger charge is -2.18. The van der Waals surface area contributed by atoms with Crippen LogP contribution in [0.1, 0.15) is 330 Å². The molecule has 0 saturated heterocycles. The van der Waals surface area contributed by atoms with E-state index in [-0.39, 0.29) is 31.1 Å². The third kappa shape index (κ3) is 53.4. The van der Waals surface area contributed by atoms with Gasteiger partial charge in [0, 0.05) is 19.3 Å². The standard InChI is InChI=1S/C60H116O6/c1-54(2)46-40-34-28-22-16-11-7-9-13-19-25-31-37-43-49-58(61)64-52-57(53-65-59(62)50-44-38-32-26-21-15-18-24-30-36-42-48-56(5)6)66-60(63)51-45-39-33-27-20-14-10-8-12-17-23-29-35-41-47-55(3)4/h54-57H,7-53H2,1-6H3/t57-/m1/s1. The SMILES string of the molecule is CC(C)CCCCCCCCCCCCCCCCC(=O)OC[C@H](COC(=O)CCCCCCCCCCCCCC(C)C)OC(=O)CCCCCCCCCCCCCCCCC(C)C. The van der Waals surface area contributed by atoms with Crippen LogP contribution in [0.4, 0.5) is 0 Å². The van der Waals surface area contributed by atoms with Gasteiger partial charge in [-0.1, -0.05) is 292 Å². The quantitative estimate of drug-likeness (QED) is 0.0343. The fourth-order valence-electron chi connectivity index (χ4n) is 9.18. The Morgan fingerprint density at radius 3 is 0.652 bits per heavy atom. The van der Waals surface area contributed by atoms with Crippen molar-refractivity contribution in [1.82, 2.24) is 0 Å². The van der Waals surface area contributed by atoms with Gasteiger partial charge in [0.05, 0.1) is 0 Å². The highest BCUT2D eigenvalue weighted by molar-refractivity contribution is 5.71. The summed E-state index contributed by atoms with van der Waals surface area (Å²) in [5, 5.41) is 0. The van der Waals surface area contributed by atoms with Gasteiger partial charge in [0.25, 0.3) is 0 Å². The lowest BCUT2D eigenvalue weighted by atomic mass is 10.0. The first-order chi connectivity index (χ1) is 32.1. The first kappa shape index (κ1) is 64.4. The number of unbranched alkanes of at least 4 members (excludes halogenated alkanes) is 36. The van der Waals surface area contributed by atoms with E-state index in [2.05, 4.69) is 41.5 Å². The largest absolute Gasteiger partial charge is 0.462 e. The number of esters is 3. The second kappa shape index (κ2) is 51.3. The zero-order valence-electron chi connectivity index (χ0n) is 45.5. The van der Waals surface area contributed by atoms with Crippen LogP contribution in [-0.2, 0) is 28.6 Å². The van der Waals surface area contributed by atoms with E-state index in [1.165, 1.54) is 212 Å². The highest BCUT2D eigenvalue weighted by Gasteiger charge is 2.19. The third-order valence-corrected chi connectivity index (χ3v) is 13.6. The average Bonchev–Trinajstić information content (AvgIpc) is 3.28. The maximum atomic E-state index is 12.9. The van der Waals surface area contributed by atoms with Crippen LogP contribution in [0, 0.1) is 17.8 Å². The molecule has 0 rings (SSSR count). The number of carbonyl (C=O) groups is 3. The summed E-state index contributed by atoms with van der Waals surface area (Å²) in [6.07, 6.45) is 53.8. The zero-order valence-corrected chi connectivity index (χ0v) is 45.5. The molecule has 0 fully saturated rings. The van der Waals surface area contributed by atoms with Crippen molar-refractivity contribution in [2.75, 3.05) is 13.2 Å². The minimum atomic E-state index is -0.764. The van der Waals surface area contributed by atoms with Crippen LogP contribution in [0.2, 0.25) is 0 Å². The van der Waals surface area contributed by atoms with E-state index in [0.29, 0.717) is 19.3 Å². The second-order valence-electron chi connectivity index (χ2n) is 22.1. The molecule has 0 aromatic carbocycles. The Bertz CT molecular complexity index is 1020. The topological polar surface area (TPSA) is 78.9 Å². The number of carbonyl (C=O) groups excluding carboxylic acids is 3. The van der Waals surface area contributed by atoms with Gasteiger partial charge in [0.1, 0.15) is 13.2 Å². The Hall–Kier alpha value is -1.59. The minimum absolute atomic E-state index is 0.0633. The Morgan fingerprint density at radius 1 is 0.258 bits per heavy atom. The monoisotopic (exact) mass is 933 g/mol. The molecule has 0 bridgehead atoms. The summed E-state index contributed by atoms with van der Waals surface area (Å²) in [5.74, 6) is 1.67. The molecule has 0 aliphatic heterocycles. The zero-order chi connectivity index (χ0) is 48.4. The number of hydrogen-bond donors (Lipinski definition) is 0. The summed E-state index contributed by atoms with van der Waals surface area (Å²) in [7, 11) is 0. The summed E-state index contributed by atoms with van der Waals surface area (Å²) in [4.78, 5) is 38.2. The molecule has 0 N–H and O–H groups in total. The fourth-order valence-corrected chi connectivity index (χ4v) is 9.18. The van der Waals surface area contributed by atoms with E-state index in [4.69, 9.17) is 14.2 Å². The molecule has 0 unspecified atom stereocenters. The molecule has 392 valence electrons. The third-order valence-electron chi connectivity index (χ3n) is 13.6. The molecule has 66 heavy (non-hydrogen) atoms. The molecule has 0 heterocycles. The van der Waals surface area contributed by atoms with Gasteiger partial charge >= 0.3 is 17.9 Å². The van der Waals surface area contributed by atoms with E-state index >= 15 is 0 Å². The van der Waals surface area contributed by atoms with E-state index < -0.39 is 6.10 Å². The molecule has 0 radical (unpaired) electrons. The molecule has 0 aliphatic rings. The summed E-state index contributed by atoms with van der Waals surface area (Å²) < 4.78 is 16.9. The van der Waals surface area contributed by atoms with E-state index in [9.17, 15) is 14.4 Å². The highest BCUT2D eigenvalue weighted by Crippen LogP contribution is 2.19. The smallest absolute Gasteiger partial charge is 0.306 e. The predicted molar refractivity (Wildman–Crippen MR) is 284 cm³/mol. The molecule has 0 aromatic heterocycles. The highest BCUT2D eigenvalue weighted by atomic mass is 16.6. The van der Waals surface area contributed by atoms with Crippen LogP contribution in [0.3, 0.4) is 0 Å². The predicted octanol–water partition coefficient (Wildman–Crippen LogP) is 19.5. The van der Waals surface area contributed by atoms with Gasteiger partial charge < -0.3 is 14.2 Å². The van der Waals surface area contributed by atoms with Gasteiger partial charge in [-0.15, -0.1) is 0 Å². The van der Waals surface area contributed by atoms with Gasteiger partial charge in [-0.05, 0) is 37.0 Å². The van der Waals surface area contributed by atoms with Gasteiger partial charge in [0.2, 0.25) is 0 Å². The van der Waals surface area contributed by atoms with Crippen molar-refractivity contribution in [2.45, 2.75) is 337 Å². The lowest BCUT2D eigenvalue weighted by Crippen LogP contribution is -2.30. The average molecular weight is 934 g/mol. The summed E-state index contributed by atoms with van der Waals surface area (Å²) in [5.41, 5.74) is 0. The normalized spacial score (nSPS) is 12.1.